The third kappa shape index (κ3) is 7.13. The van der Waals surface area contributed by atoms with Gasteiger partial charge in [0.25, 0.3) is 0 Å². The van der Waals surface area contributed by atoms with Crippen LogP contribution in [0.25, 0.3) is 6.08 Å². The Balaban J connectivity index is 2.50. The molecule has 0 spiro atoms. The molecular weight excluding hydrogens is 280 g/mol. The monoisotopic (exact) mass is 306 g/mol. The van der Waals surface area contributed by atoms with Gasteiger partial charge in [-0.25, -0.2) is 0 Å². The van der Waals surface area contributed by atoms with Crippen LogP contribution in [0.15, 0.2) is 24.3 Å². The zero-order valence-corrected chi connectivity index (χ0v) is 13.6. The molecule has 3 N–H and O–H groups in total. The van der Waals surface area contributed by atoms with E-state index in [0.717, 1.165) is 12.0 Å². The molecule has 0 aliphatic heterocycles. The largest absolute Gasteiger partial charge is 0.491 e. The van der Waals surface area contributed by atoms with Crippen LogP contribution < -0.4 is 15.8 Å². The minimum Gasteiger partial charge on any atom is -0.491 e. The maximum absolute atomic E-state index is 11.6. The minimum atomic E-state index is -0.130. The van der Waals surface area contributed by atoms with E-state index < -0.39 is 0 Å². The van der Waals surface area contributed by atoms with Crippen LogP contribution in [0.2, 0.25) is 0 Å². The van der Waals surface area contributed by atoms with E-state index in [0.29, 0.717) is 37.1 Å². The molecule has 0 saturated carbocycles. The fourth-order valence-corrected chi connectivity index (χ4v) is 1.72. The zero-order chi connectivity index (χ0) is 16.4. The predicted molar refractivity (Wildman–Crippen MR) is 89.7 cm³/mol. The Bertz CT molecular complexity index is 499. The summed E-state index contributed by atoms with van der Waals surface area (Å²) in [5, 5.41) is 2.78. The normalized spacial score (nSPS) is 11.1. The standard InChI is InChI=1S/C17H26N2O3/c1-13(2)12-22-16-7-5-14(11-15(16)18)6-8-17(20)19-9-4-10-21-3/h5-8,11,13H,4,9-10,12,18H2,1-3H3,(H,19,20)/b8-6-. The van der Waals surface area contributed by atoms with Crippen molar-refractivity contribution in [2.45, 2.75) is 20.3 Å². The lowest BCUT2D eigenvalue weighted by molar-refractivity contribution is -0.116. The Morgan fingerprint density at radius 2 is 2.18 bits per heavy atom. The average molecular weight is 306 g/mol. The van der Waals surface area contributed by atoms with Gasteiger partial charge in [-0.1, -0.05) is 19.9 Å². The van der Waals surface area contributed by atoms with Crippen LogP contribution in [0.5, 0.6) is 5.75 Å². The molecule has 1 aromatic carbocycles. The summed E-state index contributed by atoms with van der Waals surface area (Å²) in [6.45, 7) is 6.03. The van der Waals surface area contributed by atoms with Gasteiger partial charge in [0.2, 0.25) is 5.91 Å². The molecule has 0 aromatic heterocycles. The molecule has 0 aliphatic rings. The van der Waals surface area contributed by atoms with Crippen LogP contribution >= 0.6 is 0 Å². The van der Waals surface area contributed by atoms with Gasteiger partial charge in [0.15, 0.2) is 0 Å². The smallest absolute Gasteiger partial charge is 0.244 e. The van der Waals surface area contributed by atoms with Crippen molar-refractivity contribution in [1.82, 2.24) is 5.32 Å². The van der Waals surface area contributed by atoms with Gasteiger partial charge < -0.3 is 20.5 Å². The van der Waals surface area contributed by atoms with E-state index in [9.17, 15) is 4.79 Å². The first kappa shape index (κ1) is 18.0. The summed E-state index contributed by atoms with van der Waals surface area (Å²) in [7, 11) is 1.64. The highest BCUT2D eigenvalue weighted by Gasteiger charge is 2.03. The highest BCUT2D eigenvalue weighted by Crippen LogP contribution is 2.23. The first-order chi connectivity index (χ1) is 10.5. The molecule has 1 amide bonds. The highest BCUT2D eigenvalue weighted by atomic mass is 16.5. The molecule has 0 bridgehead atoms. The van der Waals surface area contributed by atoms with Crippen molar-refractivity contribution < 1.29 is 14.3 Å². The summed E-state index contributed by atoms with van der Waals surface area (Å²) in [5.74, 6) is 0.991. The number of rotatable bonds is 9. The van der Waals surface area contributed by atoms with Gasteiger partial charge in [-0.2, -0.15) is 0 Å². The molecular formula is C17H26N2O3. The lowest BCUT2D eigenvalue weighted by Gasteiger charge is -2.11. The van der Waals surface area contributed by atoms with Crippen molar-refractivity contribution in [1.29, 1.82) is 0 Å². The molecule has 0 saturated heterocycles. The maximum atomic E-state index is 11.6. The van der Waals surface area contributed by atoms with E-state index in [1.165, 1.54) is 6.08 Å². The second kappa shape index (κ2) is 9.84. The van der Waals surface area contributed by atoms with E-state index in [-0.39, 0.29) is 5.91 Å². The molecule has 0 heterocycles. The number of hydrogen-bond acceptors (Lipinski definition) is 4. The van der Waals surface area contributed by atoms with Gasteiger partial charge in [0, 0.05) is 26.3 Å². The Labute approximate surface area is 132 Å². The van der Waals surface area contributed by atoms with Crippen molar-refractivity contribution >= 4 is 17.7 Å². The van der Waals surface area contributed by atoms with Gasteiger partial charge in [-0.15, -0.1) is 0 Å². The number of ether oxygens (including phenoxy) is 2. The zero-order valence-electron chi connectivity index (χ0n) is 13.6. The molecule has 22 heavy (non-hydrogen) atoms. The Kier molecular flexibility index (Phi) is 8.07. The SMILES string of the molecule is COCCCNC(=O)/C=C\c1ccc(OCC(C)C)c(N)c1. The van der Waals surface area contributed by atoms with Gasteiger partial charge >= 0.3 is 0 Å². The number of nitrogens with two attached hydrogens (primary N) is 1. The van der Waals surface area contributed by atoms with E-state index in [1.807, 2.05) is 12.1 Å². The molecule has 0 unspecified atom stereocenters. The van der Waals surface area contributed by atoms with Crippen molar-refractivity contribution in [3.05, 3.63) is 29.8 Å². The van der Waals surface area contributed by atoms with Crippen LogP contribution in [0.4, 0.5) is 5.69 Å². The van der Waals surface area contributed by atoms with Gasteiger partial charge in [0.1, 0.15) is 5.75 Å². The Morgan fingerprint density at radius 1 is 1.41 bits per heavy atom. The summed E-state index contributed by atoms with van der Waals surface area (Å²) in [5.41, 5.74) is 7.39. The molecule has 5 heteroatoms. The van der Waals surface area contributed by atoms with Crippen LogP contribution in [0.1, 0.15) is 25.8 Å². The lowest BCUT2D eigenvalue weighted by Crippen LogP contribution is -2.22. The highest BCUT2D eigenvalue weighted by molar-refractivity contribution is 5.91. The van der Waals surface area contributed by atoms with Gasteiger partial charge in [0.05, 0.1) is 12.3 Å². The summed E-state index contributed by atoms with van der Waals surface area (Å²) in [4.78, 5) is 11.6. The number of anilines is 1. The molecule has 1 rings (SSSR count). The van der Waals surface area contributed by atoms with E-state index >= 15 is 0 Å². The molecule has 1 aromatic rings. The topological polar surface area (TPSA) is 73.6 Å². The summed E-state index contributed by atoms with van der Waals surface area (Å²) in [6.07, 6.45) is 4.02. The van der Waals surface area contributed by atoms with Crippen molar-refractivity contribution in [3.8, 4) is 5.75 Å². The van der Waals surface area contributed by atoms with Gasteiger partial charge in [-0.3, -0.25) is 4.79 Å². The summed E-state index contributed by atoms with van der Waals surface area (Å²) >= 11 is 0. The number of nitrogens with one attached hydrogen (secondary N) is 1. The molecule has 0 fully saturated rings. The van der Waals surface area contributed by atoms with Crippen molar-refractivity contribution in [2.75, 3.05) is 32.6 Å². The van der Waals surface area contributed by atoms with E-state index in [4.69, 9.17) is 15.2 Å². The molecule has 5 nitrogen and oxygen atoms in total. The Morgan fingerprint density at radius 3 is 2.82 bits per heavy atom. The number of carbonyl (C=O) groups is 1. The molecule has 0 radical (unpaired) electrons. The second-order valence-corrected chi connectivity index (χ2v) is 5.47. The number of amides is 1. The predicted octanol–water partition coefficient (Wildman–Crippen LogP) is 2.47. The molecule has 122 valence electrons. The minimum absolute atomic E-state index is 0.130. The lowest BCUT2D eigenvalue weighted by atomic mass is 10.1. The first-order valence-electron chi connectivity index (χ1n) is 7.50. The van der Waals surface area contributed by atoms with Crippen LogP contribution in [-0.4, -0.2) is 32.8 Å². The fraction of sp³-hybridized carbons (Fsp3) is 0.471. The van der Waals surface area contributed by atoms with E-state index in [1.54, 1.807) is 19.3 Å². The van der Waals surface area contributed by atoms with Crippen LogP contribution in [-0.2, 0) is 9.53 Å². The van der Waals surface area contributed by atoms with Crippen LogP contribution in [0.3, 0.4) is 0 Å². The van der Waals surface area contributed by atoms with Crippen LogP contribution in [0, 0.1) is 5.92 Å². The Hall–Kier alpha value is -2.01. The average Bonchev–Trinajstić information content (AvgIpc) is 2.48. The van der Waals surface area contributed by atoms with Gasteiger partial charge in [-0.05, 0) is 36.1 Å². The van der Waals surface area contributed by atoms with Crippen molar-refractivity contribution in [3.63, 3.8) is 0 Å². The summed E-state index contributed by atoms with van der Waals surface area (Å²) in [6, 6.07) is 5.50. The third-order valence-electron chi connectivity index (χ3n) is 2.86. The number of carbonyl (C=O) groups excluding carboxylic acids is 1. The number of nitrogen functional groups attached to an aromatic ring is 1. The number of benzene rings is 1. The fourth-order valence-electron chi connectivity index (χ4n) is 1.72. The number of hydrogen-bond donors (Lipinski definition) is 2. The first-order valence-corrected chi connectivity index (χ1v) is 7.50. The number of methoxy groups -OCH3 is 1. The molecule has 0 atom stereocenters. The second-order valence-electron chi connectivity index (χ2n) is 5.47. The maximum Gasteiger partial charge on any atom is 0.244 e. The quantitative estimate of drug-likeness (QED) is 0.417. The summed E-state index contributed by atoms with van der Waals surface area (Å²) < 4.78 is 10.5. The van der Waals surface area contributed by atoms with E-state index in [2.05, 4.69) is 19.2 Å². The third-order valence-corrected chi connectivity index (χ3v) is 2.86. The van der Waals surface area contributed by atoms with Crippen molar-refractivity contribution in [2.24, 2.45) is 5.92 Å². The molecule has 0 aliphatic carbocycles.